The molecule has 1 aromatic carbocycles. The molecular weight excluding hydrogens is 497 g/mol. The number of rotatable bonds is 7. The summed E-state index contributed by atoms with van der Waals surface area (Å²) in [5, 5.41) is 20.5. The second kappa shape index (κ2) is 11.8. The van der Waals surface area contributed by atoms with Gasteiger partial charge in [-0.2, -0.15) is 10.4 Å². The van der Waals surface area contributed by atoms with Crippen LogP contribution >= 0.6 is 23.2 Å². The molecule has 11 nitrogen and oxygen atoms in total. The van der Waals surface area contributed by atoms with Crippen LogP contribution in [0.25, 0.3) is 0 Å². The fraction of sp³-hybridized carbons (Fsp3) is 0.300. The highest BCUT2D eigenvalue weighted by molar-refractivity contribution is 6.56. The maximum atomic E-state index is 12.1. The molecule has 0 bridgehead atoms. The van der Waals surface area contributed by atoms with Crippen molar-refractivity contribution in [2.75, 3.05) is 12.0 Å². The van der Waals surface area contributed by atoms with Crippen LogP contribution < -0.4 is 32.0 Å². The molecule has 1 heterocycles. The molecular formula is C20H18B2Cl2N6O5. The summed E-state index contributed by atoms with van der Waals surface area (Å²) in [6.45, 7) is 6.87. The molecule has 0 aliphatic heterocycles. The molecule has 0 fully saturated rings. The summed E-state index contributed by atoms with van der Waals surface area (Å²) in [6, 6.07) is 1.51. The number of hydrogen-bond acceptors (Lipinski definition) is 9. The predicted octanol–water partition coefficient (Wildman–Crippen LogP) is 1.45. The summed E-state index contributed by atoms with van der Waals surface area (Å²) >= 11 is 12.7. The molecule has 2 aromatic rings. The smallest absolute Gasteiger partial charge is 0.414 e. The van der Waals surface area contributed by atoms with Gasteiger partial charge in [0.1, 0.15) is 21.8 Å². The monoisotopic (exact) mass is 514 g/mol. The lowest BCUT2D eigenvalue weighted by Crippen LogP contribution is -2.36. The number of aromatic amines is 1. The van der Waals surface area contributed by atoms with Gasteiger partial charge in [0.25, 0.3) is 11.5 Å². The summed E-state index contributed by atoms with van der Waals surface area (Å²) in [6.07, 6.45) is -1.06. The molecule has 3 N–H and O–H groups in total. The quantitative estimate of drug-likeness (QED) is 0.284. The van der Waals surface area contributed by atoms with Crippen LogP contribution in [-0.4, -0.2) is 50.2 Å². The van der Waals surface area contributed by atoms with E-state index in [-0.39, 0.29) is 56.4 Å². The number of hydrazone groups is 1. The van der Waals surface area contributed by atoms with E-state index in [1.807, 2.05) is 19.2 Å². The number of anilines is 1. The number of aromatic nitrogens is 2. The summed E-state index contributed by atoms with van der Waals surface area (Å²) in [4.78, 5) is 35.5. The first-order chi connectivity index (χ1) is 16.4. The lowest BCUT2D eigenvalue weighted by molar-refractivity contribution is -0.114. The van der Waals surface area contributed by atoms with Crippen LogP contribution in [0.5, 0.6) is 11.6 Å². The van der Waals surface area contributed by atoms with Crippen molar-refractivity contribution in [3.8, 4) is 17.7 Å². The Labute approximate surface area is 213 Å². The standard InChI is InChI=1S/C20H18B2Cl2N6O5/c1-5-34-20(33)26-17(31)9(6-25)27-28-15-11(21)13(23)16(14(24)12(15)22)35-19-8(4)10(7(2)3)18(32)29-30-19/h7,28H,5H2,1-4H3,(H,29,32)(H,26,31,33)/b27-9+. The number of nitriles is 1. The number of benzene rings is 1. The Balaban J connectivity index is 2.43. The number of alkyl carbamates (subject to hydrolysis) is 1. The Morgan fingerprint density at radius 2 is 1.86 bits per heavy atom. The molecule has 0 aliphatic carbocycles. The highest BCUT2D eigenvalue weighted by atomic mass is 35.5. The summed E-state index contributed by atoms with van der Waals surface area (Å²) in [5.74, 6) is -1.37. The largest absolute Gasteiger partial charge is 0.450 e. The van der Waals surface area contributed by atoms with E-state index in [1.165, 1.54) is 13.0 Å². The third-order valence-electron chi connectivity index (χ3n) is 4.51. The Hall–Kier alpha value is -3.49. The van der Waals surface area contributed by atoms with Crippen molar-refractivity contribution in [2.45, 2.75) is 33.6 Å². The van der Waals surface area contributed by atoms with Gasteiger partial charge in [-0.05, 0) is 19.8 Å². The molecule has 0 saturated carbocycles. The fourth-order valence-corrected chi connectivity index (χ4v) is 3.40. The number of carbonyl (C=O) groups is 2. The highest BCUT2D eigenvalue weighted by Crippen LogP contribution is 2.36. The molecule has 0 unspecified atom stereocenters. The number of amides is 2. The van der Waals surface area contributed by atoms with Crippen molar-refractivity contribution in [1.82, 2.24) is 15.5 Å². The Bertz CT molecular complexity index is 1280. The van der Waals surface area contributed by atoms with Crippen molar-refractivity contribution < 1.29 is 19.1 Å². The number of ether oxygens (including phenoxy) is 2. The van der Waals surface area contributed by atoms with Crippen LogP contribution in [0.2, 0.25) is 10.0 Å². The number of nitrogens with zero attached hydrogens (tertiary/aromatic N) is 3. The van der Waals surface area contributed by atoms with Gasteiger partial charge < -0.3 is 9.47 Å². The van der Waals surface area contributed by atoms with Crippen molar-refractivity contribution in [3.63, 3.8) is 0 Å². The van der Waals surface area contributed by atoms with Crippen LogP contribution in [0.3, 0.4) is 0 Å². The minimum absolute atomic E-state index is 0.0156. The number of H-pyrrole nitrogens is 1. The van der Waals surface area contributed by atoms with E-state index in [4.69, 9.17) is 43.6 Å². The SMILES string of the molecule is [B]c1c(Cl)c(Oc2n[nH]c(=O)c(C(C)C)c2C)c(Cl)c([B])c1N/N=C(\C#N)C(=O)NC(=O)OCC. The molecule has 0 saturated heterocycles. The zero-order valence-corrected chi connectivity index (χ0v) is 20.6. The van der Waals surface area contributed by atoms with E-state index >= 15 is 0 Å². The third kappa shape index (κ3) is 6.15. The summed E-state index contributed by atoms with van der Waals surface area (Å²) in [7, 11) is 12.1. The number of imide groups is 1. The molecule has 4 radical (unpaired) electrons. The Kier molecular flexibility index (Phi) is 9.33. The average molecular weight is 515 g/mol. The van der Waals surface area contributed by atoms with Crippen molar-refractivity contribution in [1.29, 1.82) is 5.26 Å². The Morgan fingerprint density at radius 1 is 1.26 bits per heavy atom. The molecule has 0 aliphatic rings. The van der Waals surface area contributed by atoms with Gasteiger partial charge in [0.05, 0.1) is 16.7 Å². The molecule has 2 rings (SSSR count). The van der Waals surface area contributed by atoms with E-state index in [1.54, 1.807) is 6.92 Å². The van der Waals surface area contributed by atoms with Gasteiger partial charge in [0, 0.05) is 16.8 Å². The van der Waals surface area contributed by atoms with Crippen molar-refractivity contribution in [2.24, 2.45) is 5.10 Å². The van der Waals surface area contributed by atoms with E-state index in [2.05, 4.69) is 25.5 Å². The molecule has 35 heavy (non-hydrogen) atoms. The van der Waals surface area contributed by atoms with Gasteiger partial charge in [0.15, 0.2) is 5.75 Å². The Morgan fingerprint density at radius 3 is 2.37 bits per heavy atom. The third-order valence-corrected chi connectivity index (χ3v) is 5.26. The summed E-state index contributed by atoms with van der Waals surface area (Å²) < 4.78 is 10.3. The fourth-order valence-electron chi connectivity index (χ4n) is 2.90. The summed E-state index contributed by atoms with van der Waals surface area (Å²) in [5.41, 5.74) is 1.69. The molecule has 15 heteroatoms. The normalized spacial score (nSPS) is 11.1. The van der Waals surface area contributed by atoms with Crippen molar-refractivity contribution >= 4 is 73.2 Å². The zero-order valence-electron chi connectivity index (χ0n) is 19.1. The van der Waals surface area contributed by atoms with Crippen LogP contribution in [0.1, 0.15) is 37.8 Å². The average Bonchev–Trinajstić information content (AvgIpc) is 2.79. The maximum absolute atomic E-state index is 12.1. The van der Waals surface area contributed by atoms with Gasteiger partial charge in [0.2, 0.25) is 11.6 Å². The molecule has 1 aromatic heterocycles. The van der Waals surface area contributed by atoms with Crippen LogP contribution in [0.4, 0.5) is 10.5 Å². The van der Waals surface area contributed by atoms with E-state index in [0.717, 1.165) is 0 Å². The lowest BCUT2D eigenvalue weighted by atomic mass is 9.84. The molecule has 0 atom stereocenters. The molecule has 178 valence electrons. The number of nitrogens with one attached hydrogen (secondary N) is 3. The van der Waals surface area contributed by atoms with E-state index in [9.17, 15) is 19.6 Å². The first kappa shape index (κ1) is 27.8. The zero-order chi connectivity index (χ0) is 26.4. The second-order valence-electron chi connectivity index (χ2n) is 7.17. The van der Waals surface area contributed by atoms with Gasteiger partial charge in [-0.3, -0.25) is 20.3 Å². The number of carbonyl (C=O) groups excluding carboxylic acids is 2. The lowest BCUT2D eigenvalue weighted by Gasteiger charge is -2.19. The van der Waals surface area contributed by atoms with E-state index in [0.29, 0.717) is 11.1 Å². The minimum atomic E-state index is -1.13. The minimum Gasteiger partial charge on any atom is -0.450 e. The first-order valence-corrected chi connectivity index (χ1v) is 10.7. The molecule has 0 spiro atoms. The van der Waals surface area contributed by atoms with Gasteiger partial charge >= 0.3 is 6.09 Å². The van der Waals surface area contributed by atoms with Crippen LogP contribution in [0, 0.1) is 18.3 Å². The van der Waals surface area contributed by atoms with Crippen LogP contribution in [-0.2, 0) is 9.53 Å². The first-order valence-electron chi connectivity index (χ1n) is 9.99. The van der Waals surface area contributed by atoms with Gasteiger partial charge in [-0.15, -0.1) is 5.10 Å². The second-order valence-corrected chi connectivity index (χ2v) is 7.93. The van der Waals surface area contributed by atoms with Crippen LogP contribution in [0.15, 0.2) is 9.90 Å². The maximum Gasteiger partial charge on any atom is 0.414 e. The predicted molar refractivity (Wildman–Crippen MR) is 133 cm³/mol. The molecule has 2 amide bonds. The number of hydrogen-bond donors (Lipinski definition) is 3. The topological polar surface area (TPSA) is 159 Å². The highest BCUT2D eigenvalue weighted by Gasteiger charge is 2.22. The van der Waals surface area contributed by atoms with Gasteiger partial charge in [-0.1, -0.05) is 48.0 Å². The van der Waals surface area contributed by atoms with Crippen molar-refractivity contribution in [3.05, 3.63) is 31.5 Å². The van der Waals surface area contributed by atoms with Gasteiger partial charge in [-0.25, -0.2) is 9.89 Å². The van der Waals surface area contributed by atoms with E-state index < -0.39 is 17.7 Å². The number of halogens is 2.